The molecule has 0 aliphatic heterocycles. The third-order valence-corrected chi connectivity index (χ3v) is 6.83. The molecule has 5 aromatic rings. The molecule has 0 aliphatic carbocycles. The molecular formula is C25H18F3N3O6S. The number of benzene rings is 2. The molecule has 3 aromatic heterocycles. The zero-order valence-electron chi connectivity index (χ0n) is 19.8. The number of thiophene rings is 1. The molecular weight excluding hydrogens is 527 g/mol. The van der Waals surface area contributed by atoms with Gasteiger partial charge in [0, 0.05) is 28.8 Å². The quantitative estimate of drug-likeness (QED) is 0.325. The van der Waals surface area contributed by atoms with Crippen molar-refractivity contribution in [3.8, 4) is 17.2 Å². The number of carboxylic acids is 1. The highest BCUT2D eigenvalue weighted by atomic mass is 32.1. The van der Waals surface area contributed by atoms with Crippen molar-refractivity contribution >= 4 is 39.1 Å². The Morgan fingerprint density at radius 3 is 2.32 bits per heavy atom. The Balaban J connectivity index is 1.89. The maximum atomic E-state index is 13.7. The van der Waals surface area contributed by atoms with E-state index in [4.69, 9.17) is 9.47 Å². The second-order valence-electron chi connectivity index (χ2n) is 8.31. The number of hydrogen-bond acceptors (Lipinski definition) is 6. The minimum absolute atomic E-state index is 0.0731. The van der Waals surface area contributed by atoms with Gasteiger partial charge in [0.2, 0.25) is 0 Å². The smallest absolute Gasteiger partial charge is 0.416 e. The third-order valence-electron chi connectivity index (χ3n) is 6.08. The minimum atomic E-state index is -4.76. The first-order valence-electron chi connectivity index (χ1n) is 10.9. The number of nitrogens with one attached hydrogen (secondary N) is 1. The first-order chi connectivity index (χ1) is 18.0. The SMILES string of the molecule is COc1cc(Cn2c(C(=O)O)c(-n3c(=O)[nH]c4cscc4c3=O)c3cc(C(F)(F)F)ccc32)cc(OC)c1. The molecule has 5 rings (SSSR count). The van der Waals surface area contributed by atoms with Crippen molar-refractivity contribution in [2.45, 2.75) is 12.7 Å². The molecule has 9 nitrogen and oxygen atoms in total. The van der Waals surface area contributed by atoms with Gasteiger partial charge in [-0.25, -0.2) is 14.2 Å². The zero-order valence-corrected chi connectivity index (χ0v) is 20.6. The minimum Gasteiger partial charge on any atom is -0.497 e. The van der Waals surface area contributed by atoms with Crippen LogP contribution in [0.2, 0.25) is 0 Å². The summed E-state index contributed by atoms with van der Waals surface area (Å²) in [5, 5.41) is 13.1. The van der Waals surface area contributed by atoms with Crippen molar-refractivity contribution in [2.75, 3.05) is 14.2 Å². The number of fused-ring (bicyclic) bond motifs is 2. The number of rotatable bonds is 6. The number of H-pyrrole nitrogens is 1. The lowest BCUT2D eigenvalue weighted by atomic mass is 10.1. The average Bonchev–Trinajstić information content (AvgIpc) is 3.46. The van der Waals surface area contributed by atoms with Crippen molar-refractivity contribution in [2.24, 2.45) is 0 Å². The number of methoxy groups -OCH3 is 2. The topological polar surface area (TPSA) is 116 Å². The molecule has 2 aromatic carbocycles. The molecule has 0 aliphatic rings. The molecule has 0 spiro atoms. The van der Waals surface area contributed by atoms with Gasteiger partial charge in [-0.2, -0.15) is 13.2 Å². The molecule has 3 heterocycles. The van der Waals surface area contributed by atoms with E-state index in [0.717, 1.165) is 29.5 Å². The maximum absolute atomic E-state index is 13.7. The first kappa shape index (κ1) is 25.1. The summed E-state index contributed by atoms with van der Waals surface area (Å²) in [7, 11) is 2.87. The second kappa shape index (κ2) is 9.10. The number of alkyl halides is 3. The molecule has 0 radical (unpaired) electrons. The molecule has 0 atom stereocenters. The van der Waals surface area contributed by atoms with Gasteiger partial charge in [-0.05, 0) is 35.9 Å². The van der Waals surface area contributed by atoms with Crippen molar-refractivity contribution < 1.29 is 32.5 Å². The number of aromatic nitrogens is 3. The van der Waals surface area contributed by atoms with Crippen LogP contribution in [0, 0.1) is 0 Å². The van der Waals surface area contributed by atoms with E-state index in [1.54, 1.807) is 18.2 Å². The lowest BCUT2D eigenvalue weighted by molar-refractivity contribution is -0.137. The van der Waals surface area contributed by atoms with E-state index < -0.39 is 40.3 Å². The lowest BCUT2D eigenvalue weighted by Crippen LogP contribution is -2.34. The van der Waals surface area contributed by atoms with E-state index in [1.807, 2.05) is 0 Å². The highest BCUT2D eigenvalue weighted by Gasteiger charge is 2.33. The Morgan fingerprint density at radius 2 is 1.71 bits per heavy atom. The van der Waals surface area contributed by atoms with Gasteiger partial charge in [-0.1, -0.05) is 0 Å². The fourth-order valence-electron chi connectivity index (χ4n) is 4.41. The second-order valence-corrected chi connectivity index (χ2v) is 9.05. The molecule has 2 N–H and O–H groups in total. The Bertz CT molecular complexity index is 1830. The van der Waals surface area contributed by atoms with Crippen LogP contribution in [0.5, 0.6) is 11.5 Å². The van der Waals surface area contributed by atoms with Gasteiger partial charge in [0.15, 0.2) is 5.69 Å². The number of aromatic amines is 1. The van der Waals surface area contributed by atoms with E-state index in [2.05, 4.69) is 4.98 Å². The molecule has 196 valence electrons. The Morgan fingerprint density at radius 1 is 1.03 bits per heavy atom. The Kier molecular flexibility index (Phi) is 6.02. The molecule has 0 bridgehead atoms. The lowest BCUT2D eigenvalue weighted by Gasteiger charge is -2.12. The zero-order chi connectivity index (χ0) is 27.4. The molecule has 0 amide bonds. The highest BCUT2D eigenvalue weighted by molar-refractivity contribution is 7.09. The number of aromatic carboxylic acids is 1. The average molecular weight is 545 g/mol. The molecule has 0 unspecified atom stereocenters. The Hall–Kier alpha value is -4.52. The van der Waals surface area contributed by atoms with Gasteiger partial charge >= 0.3 is 17.8 Å². The van der Waals surface area contributed by atoms with Crippen molar-refractivity contribution in [1.29, 1.82) is 0 Å². The molecule has 0 saturated heterocycles. The van der Waals surface area contributed by atoms with Crippen LogP contribution in [0.25, 0.3) is 27.5 Å². The molecule has 0 fully saturated rings. The third kappa shape index (κ3) is 4.10. The normalized spacial score (nSPS) is 11.8. The van der Waals surface area contributed by atoms with E-state index in [-0.39, 0.29) is 28.4 Å². The summed E-state index contributed by atoms with van der Waals surface area (Å²) in [6.07, 6.45) is -4.76. The number of ether oxygens (including phenoxy) is 2. The fraction of sp³-hybridized carbons (Fsp3) is 0.160. The van der Waals surface area contributed by atoms with E-state index in [0.29, 0.717) is 21.6 Å². The maximum Gasteiger partial charge on any atom is 0.416 e. The summed E-state index contributed by atoms with van der Waals surface area (Å²) in [5.41, 5.74) is -3.10. The predicted molar refractivity (Wildman–Crippen MR) is 134 cm³/mol. The largest absolute Gasteiger partial charge is 0.497 e. The number of carboxylic acid groups (broad SMARTS) is 1. The number of nitrogens with zero attached hydrogens (tertiary/aromatic N) is 2. The molecule has 38 heavy (non-hydrogen) atoms. The first-order valence-corrected chi connectivity index (χ1v) is 11.9. The van der Waals surface area contributed by atoms with Gasteiger partial charge in [-0.3, -0.25) is 4.79 Å². The highest BCUT2D eigenvalue weighted by Crippen LogP contribution is 2.36. The summed E-state index contributed by atoms with van der Waals surface area (Å²) in [4.78, 5) is 41.5. The predicted octanol–water partition coefficient (Wildman–Crippen LogP) is 4.48. The van der Waals surface area contributed by atoms with E-state index in [1.165, 1.54) is 29.5 Å². The van der Waals surface area contributed by atoms with Gasteiger partial charge in [0.1, 0.15) is 11.5 Å². The van der Waals surface area contributed by atoms with Crippen molar-refractivity contribution in [1.82, 2.24) is 14.1 Å². The number of hydrogen-bond donors (Lipinski definition) is 2. The summed E-state index contributed by atoms with van der Waals surface area (Å²) in [5.74, 6) is -0.734. The number of halogens is 3. The Labute approximate surface area is 214 Å². The van der Waals surface area contributed by atoms with Crippen LogP contribution in [0.3, 0.4) is 0 Å². The molecule has 13 heteroatoms. The summed E-state index contributed by atoms with van der Waals surface area (Å²) in [6, 6.07) is 7.50. The fourth-order valence-corrected chi connectivity index (χ4v) is 5.16. The standard InChI is InChI=1S/C25H18F3N3O6S/c1-36-14-5-12(6-15(8-14)37-2)9-30-19-4-3-13(25(26,27)28)7-16(19)20(21(30)23(33)34)31-22(32)17-10-38-11-18(17)29-24(31)35/h3-8,10-11H,9H2,1-2H3,(H,29,35)(H,33,34). The molecule has 0 saturated carbocycles. The van der Waals surface area contributed by atoms with Crippen molar-refractivity contribution in [3.63, 3.8) is 0 Å². The van der Waals surface area contributed by atoms with Crippen LogP contribution in [0.4, 0.5) is 13.2 Å². The number of carbonyl (C=O) groups is 1. The summed E-state index contributed by atoms with van der Waals surface area (Å²) in [6.45, 7) is -0.148. The van der Waals surface area contributed by atoms with Gasteiger partial charge in [0.05, 0.1) is 41.9 Å². The van der Waals surface area contributed by atoms with Crippen LogP contribution >= 0.6 is 11.3 Å². The van der Waals surface area contributed by atoms with Gasteiger partial charge in [-0.15, -0.1) is 11.3 Å². The van der Waals surface area contributed by atoms with E-state index >= 15 is 0 Å². The van der Waals surface area contributed by atoms with Crippen LogP contribution in [0.1, 0.15) is 21.6 Å². The van der Waals surface area contributed by atoms with Crippen molar-refractivity contribution in [3.05, 3.63) is 84.8 Å². The summed E-state index contributed by atoms with van der Waals surface area (Å²) >= 11 is 1.14. The van der Waals surface area contributed by atoms with Crippen LogP contribution in [0.15, 0.2) is 56.7 Å². The van der Waals surface area contributed by atoms with E-state index in [9.17, 15) is 32.7 Å². The van der Waals surface area contributed by atoms with Crippen LogP contribution < -0.4 is 20.7 Å². The monoisotopic (exact) mass is 545 g/mol. The van der Waals surface area contributed by atoms with Gasteiger partial charge in [0.25, 0.3) is 5.56 Å². The van der Waals surface area contributed by atoms with Crippen LogP contribution in [-0.2, 0) is 12.7 Å². The summed E-state index contributed by atoms with van der Waals surface area (Å²) < 4.78 is 53.4. The van der Waals surface area contributed by atoms with Gasteiger partial charge < -0.3 is 24.1 Å². The van der Waals surface area contributed by atoms with Crippen LogP contribution in [-0.4, -0.2) is 39.4 Å².